The SMILES string of the molecule is FC(F)C(F)(F)Cn1cc[nH]c1=S. The summed E-state index contributed by atoms with van der Waals surface area (Å²) in [6, 6.07) is 0. The zero-order chi connectivity index (χ0) is 10.1. The van der Waals surface area contributed by atoms with Crippen molar-refractivity contribution < 1.29 is 17.6 Å². The number of hydrogen-bond acceptors (Lipinski definition) is 1. The van der Waals surface area contributed by atoms with Crippen molar-refractivity contribution >= 4 is 12.2 Å². The molecule has 0 saturated heterocycles. The van der Waals surface area contributed by atoms with Crippen LogP contribution in [0.5, 0.6) is 0 Å². The van der Waals surface area contributed by atoms with Crippen molar-refractivity contribution in [2.45, 2.75) is 18.9 Å². The van der Waals surface area contributed by atoms with Crippen LogP contribution in [-0.4, -0.2) is 21.9 Å². The summed E-state index contributed by atoms with van der Waals surface area (Å²) in [4.78, 5) is 2.43. The van der Waals surface area contributed by atoms with Gasteiger partial charge in [-0.05, 0) is 12.2 Å². The molecule has 0 aliphatic carbocycles. The van der Waals surface area contributed by atoms with Crippen LogP contribution in [-0.2, 0) is 6.54 Å². The lowest BCUT2D eigenvalue weighted by molar-refractivity contribution is -0.137. The molecular formula is C6H6F4N2S. The highest BCUT2D eigenvalue weighted by Gasteiger charge is 2.41. The van der Waals surface area contributed by atoms with Crippen LogP contribution in [0.1, 0.15) is 0 Å². The van der Waals surface area contributed by atoms with E-state index in [-0.39, 0.29) is 4.77 Å². The van der Waals surface area contributed by atoms with Gasteiger partial charge in [0.25, 0.3) is 0 Å². The van der Waals surface area contributed by atoms with Gasteiger partial charge < -0.3 is 9.55 Å². The van der Waals surface area contributed by atoms with E-state index in [1.807, 2.05) is 0 Å². The molecule has 2 nitrogen and oxygen atoms in total. The van der Waals surface area contributed by atoms with E-state index in [2.05, 4.69) is 17.2 Å². The number of rotatable bonds is 3. The van der Waals surface area contributed by atoms with E-state index in [1.54, 1.807) is 0 Å². The molecule has 0 unspecified atom stereocenters. The van der Waals surface area contributed by atoms with Crippen LogP contribution >= 0.6 is 12.2 Å². The van der Waals surface area contributed by atoms with Crippen molar-refractivity contribution in [2.75, 3.05) is 0 Å². The Hall–Kier alpha value is -0.850. The number of H-pyrrole nitrogens is 1. The van der Waals surface area contributed by atoms with Crippen molar-refractivity contribution in [2.24, 2.45) is 0 Å². The Morgan fingerprint density at radius 2 is 2.15 bits per heavy atom. The number of imidazole rings is 1. The second kappa shape index (κ2) is 3.49. The van der Waals surface area contributed by atoms with E-state index < -0.39 is 18.9 Å². The van der Waals surface area contributed by atoms with Gasteiger partial charge in [-0.1, -0.05) is 0 Å². The molecule has 0 bridgehead atoms. The summed E-state index contributed by atoms with van der Waals surface area (Å²) < 4.78 is 49.2. The van der Waals surface area contributed by atoms with Crippen molar-refractivity contribution in [3.63, 3.8) is 0 Å². The molecule has 0 aliphatic heterocycles. The van der Waals surface area contributed by atoms with E-state index >= 15 is 0 Å². The maximum Gasteiger partial charge on any atom is 0.324 e. The Labute approximate surface area is 76.2 Å². The summed E-state index contributed by atoms with van der Waals surface area (Å²) in [6.07, 6.45) is -1.17. The standard InChI is InChI=1S/C6H6F4N2S/c7-4(8)6(9,10)3-12-2-1-11-5(12)13/h1-2,4H,3H2,(H,11,13). The topological polar surface area (TPSA) is 20.7 Å². The minimum absolute atomic E-state index is 0.000301. The van der Waals surface area contributed by atoms with Crippen molar-refractivity contribution in [1.82, 2.24) is 9.55 Å². The molecule has 0 fully saturated rings. The number of alkyl halides is 4. The summed E-state index contributed by atoms with van der Waals surface area (Å²) in [7, 11) is 0. The lowest BCUT2D eigenvalue weighted by Crippen LogP contribution is -2.31. The lowest BCUT2D eigenvalue weighted by atomic mass is 10.3. The average molecular weight is 214 g/mol. The predicted molar refractivity (Wildman–Crippen MR) is 40.6 cm³/mol. The molecule has 0 atom stereocenters. The van der Waals surface area contributed by atoms with E-state index in [1.165, 1.54) is 12.4 Å². The first-order valence-corrected chi connectivity index (χ1v) is 3.74. The maximum absolute atomic E-state index is 12.5. The first-order chi connectivity index (χ1) is 5.93. The molecule has 1 rings (SSSR count). The van der Waals surface area contributed by atoms with Crippen LogP contribution in [0.25, 0.3) is 0 Å². The van der Waals surface area contributed by atoms with Crippen LogP contribution in [0.15, 0.2) is 12.4 Å². The van der Waals surface area contributed by atoms with Gasteiger partial charge in [-0.25, -0.2) is 8.78 Å². The van der Waals surface area contributed by atoms with Crippen LogP contribution in [0.3, 0.4) is 0 Å². The van der Waals surface area contributed by atoms with Crippen LogP contribution in [0, 0.1) is 4.77 Å². The highest BCUT2D eigenvalue weighted by Crippen LogP contribution is 2.24. The highest BCUT2D eigenvalue weighted by molar-refractivity contribution is 7.71. The van der Waals surface area contributed by atoms with E-state index in [0.717, 1.165) is 4.57 Å². The van der Waals surface area contributed by atoms with Crippen molar-refractivity contribution in [3.05, 3.63) is 17.2 Å². The third kappa shape index (κ3) is 2.30. The maximum atomic E-state index is 12.5. The fourth-order valence-corrected chi connectivity index (χ4v) is 0.963. The van der Waals surface area contributed by atoms with Crippen molar-refractivity contribution in [1.29, 1.82) is 0 Å². The minimum atomic E-state index is -4.04. The van der Waals surface area contributed by atoms with Crippen LogP contribution in [0.2, 0.25) is 0 Å². The molecule has 0 spiro atoms. The third-order valence-corrected chi connectivity index (χ3v) is 1.77. The molecule has 74 valence electrons. The van der Waals surface area contributed by atoms with E-state index in [4.69, 9.17) is 0 Å². The van der Waals surface area contributed by atoms with E-state index in [0.29, 0.717) is 0 Å². The monoisotopic (exact) mass is 214 g/mol. The molecule has 1 heterocycles. The fourth-order valence-electron chi connectivity index (χ4n) is 0.770. The first-order valence-electron chi connectivity index (χ1n) is 3.33. The number of nitrogens with zero attached hydrogens (tertiary/aromatic N) is 1. The fraction of sp³-hybridized carbons (Fsp3) is 0.500. The molecule has 0 radical (unpaired) electrons. The van der Waals surface area contributed by atoms with Crippen LogP contribution in [0.4, 0.5) is 17.6 Å². The summed E-state index contributed by atoms with van der Waals surface area (Å²) in [6.45, 7) is -1.10. The number of aromatic amines is 1. The second-order valence-corrected chi connectivity index (χ2v) is 2.84. The average Bonchev–Trinajstić information content (AvgIpc) is 2.35. The van der Waals surface area contributed by atoms with Gasteiger partial charge in [-0.15, -0.1) is 0 Å². The summed E-state index contributed by atoms with van der Waals surface area (Å²) in [5, 5.41) is 0. The number of aromatic nitrogens is 2. The Bertz CT molecular complexity index is 329. The normalized spacial score (nSPS) is 12.4. The summed E-state index contributed by atoms with van der Waals surface area (Å²) in [5.74, 6) is -4.04. The molecule has 0 aromatic carbocycles. The quantitative estimate of drug-likeness (QED) is 0.605. The zero-order valence-corrected chi connectivity index (χ0v) is 7.12. The van der Waals surface area contributed by atoms with E-state index in [9.17, 15) is 17.6 Å². The summed E-state index contributed by atoms with van der Waals surface area (Å²) >= 11 is 4.57. The third-order valence-electron chi connectivity index (χ3n) is 1.42. The molecular weight excluding hydrogens is 208 g/mol. The second-order valence-electron chi connectivity index (χ2n) is 2.45. The number of hydrogen-bond donors (Lipinski definition) is 1. The highest BCUT2D eigenvalue weighted by atomic mass is 32.1. The molecule has 1 aromatic heterocycles. The van der Waals surface area contributed by atoms with Gasteiger partial charge in [-0.3, -0.25) is 0 Å². The Morgan fingerprint density at radius 3 is 2.54 bits per heavy atom. The van der Waals surface area contributed by atoms with Gasteiger partial charge >= 0.3 is 12.3 Å². The lowest BCUT2D eigenvalue weighted by Gasteiger charge is -2.15. The molecule has 7 heteroatoms. The number of nitrogens with one attached hydrogen (secondary N) is 1. The summed E-state index contributed by atoms with van der Waals surface area (Å²) in [5.41, 5.74) is 0. The first kappa shape index (κ1) is 10.2. The molecule has 0 amide bonds. The molecule has 13 heavy (non-hydrogen) atoms. The minimum Gasteiger partial charge on any atom is -0.337 e. The molecule has 0 aliphatic rings. The van der Waals surface area contributed by atoms with Gasteiger partial charge in [0.2, 0.25) is 0 Å². The Morgan fingerprint density at radius 1 is 1.54 bits per heavy atom. The Balaban J connectivity index is 2.80. The number of halogens is 4. The van der Waals surface area contributed by atoms with Gasteiger partial charge in [0.1, 0.15) is 0 Å². The largest absolute Gasteiger partial charge is 0.337 e. The van der Waals surface area contributed by atoms with Crippen molar-refractivity contribution in [3.8, 4) is 0 Å². The molecule has 1 N–H and O–H groups in total. The molecule has 1 aromatic rings. The Kier molecular flexibility index (Phi) is 2.74. The van der Waals surface area contributed by atoms with Gasteiger partial charge in [-0.2, -0.15) is 8.78 Å². The van der Waals surface area contributed by atoms with Gasteiger partial charge in [0.15, 0.2) is 4.77 Å². The van der Waals surface area contributed by atoms with Gasteiger partial charge in [0, 0.05) is 12.4 Å². The van der Waals surface area contributed by atoms with Crippen LogP contribution < -0.4 is 0 Å². The zero-order valence-electron chi connectivity index (χ0n) is 6.31. The predicted octanol–water partition coefficient (Wildman–Crippen LogP) is 2.45. The molecule has 0 saturated carbocycles. The smallest absolute Gasteiger partial charge is 0.324 e. The van der Waals surface area contributed by atoms with Gasteiger partial charge in [0.05, 0.1) is 6.54 Å².